The van der Waals surface area contributed by atoms with Crippen LogP contribution in [0.5, 0.6) is 5.75 Å². The Hall–Kier alpha value is -1.84. The molecule has 4 nitrogen and oxygen atoms in total. The van der Waals surface area contributed by atoms with Gasteiger partial charge in [-0.15, -0.1) is 0 Å². The quantitative estimate of drug-likeness (QED) is 0.492. The minimum absolute atomic E-state index is 0.133. The smallest absolute Gasteiger partial charge is 0.189 e. The number of hydrogen-bond donors (Lipinski definition) is 1. The summed E-state index contributed by atoms with van der Waals surface area (Å²) in [6.07, 6.45) is 7.86. The zero-order chi connectivity index (χ0) is 15.3. The van der Waals surface area contributed by atoms with Gasteiger partial charge in [-0.3, -0.25) is 0 Å². The van der Waals surface area contributed by atoms with Crippen molar-refractivity contribution in [2.75, 3.05) is 14.2 Å². The first-order valence-corrected chi connectivity index (χ1v) is 8.17. The Balaban J connectivity index is 2.00. The zero-order valence-electron chi connectivity index (χ0n) is 13.2. The van der Waals surface area contributed by atoms with Gasteiger partial charge < -0.3 is 9.94 Å². The monoisotopic (exact) mass is 299 g/mol. The van der Waals surface area contributed by atoms with Crippen molar-refractivity contribution in [3.8, 4) is 5.75 Å². The van der Waals surface area contributed by atoms with E-state index in [1.807, 2.05) is 6.07 Å². The fraction of sp³-hybridized carbons (Fsp3) is 0.556. The highest BCUT2D eigenvalue weighted by molar-refractivity contribution is 6.33. The van der Waals surface area contributed by atoms with Gasteiger partial charge in [0.05, 0.1) is 12.5 Å². The average Bonchev–Trinajstić information content (AvgIpc) is 2.57. The van der Waals surface area contributed by atoms with E-state index in [1.54, 1.807) is 7.11 Å². The Bertz CT molecular complexity index is 680. The van der Waals surface area contributed by atoms with Gasteiger partial charge in [0.2, 0.25) is 0 Å². The summed E-state index contributed by atoms with van der Waals surface area (Å²) in [6.45, 7) is 0. The third-order valence-corrected chi connectivity index (χ3v) is 6.07. The topological polar surface area (TPSA) is 44.8 Å². The van der Waals surface area contributed by atoms with Gasteiger partial charge in [0, 0.05) is 12.3 Å². The Morgan fingerprint density at radius 3 is 3.00 bits per heavy atom. The van der Waals surface area contributed by atoms with E-state index in [1.165, 1.54) is 30.4 Å². The Labute approximate surface area is 131 Å². The molecule has 0 saturated heterocycles. The Morgan fingerprint density at radius 2 is 2.23 bits per heavy atom. The van der Waals surface area contributed by atoms with Crippen LogP contribution < -0.4 is 4.74 Å². The molecule has 1 fully saturated rings. The van der Waals surface area contributed by atoms with Crippen molar-refractivity contribution in [2.24, 2.45) is 11.1 Å². The maximum absolute atomic E-state index is 9.71. The molecule has 0 unspecified atom stereocenters. The molecule has 1 heterocycles. The van der Waals surface area contributed by atoms with E-state index in [4.69, 9.17) is 4.74 Å². The maximum atomic E-state index is 9.71. The first kappa shape index (κ1) is 13.8. The van der Waals surface area contributed by atoms with Crippen LogP contribution in [0.1, 0.15) is 36.8 Å². The number of ether oxygens (including phenoxy) is 1. The number of nitrogens with zero attached hydrogens (tertiary/aromatic N) is 2. The molecule has 22 heavy (non-hydrogen) atoms. The molecule has 2 aliphatic carbocycles. The minimum Gasteiger partial charge on any atom is -0.497 e. The SMILES string of the molecule is COc1ccc2c(c1)[C@@]13CCCC[C@H]1[C@@H](C2)[N+](C)=CC3=NO. The number of hydrogen-bond acceptors (Lipinski definition) is 3. The molecule has 3 atom stereocenters. The number of methoxy groups -OCH3 is 1. The van der Waals surface area contributed by atoms with Crippen molar-refractivity contribution in [2.45, 2.75) is 43.6 Å². The maximum Gasteiger partial charge on any atom is 0.189 e. The van der Waals surface area contributed by atoms with Crippen LogP contribution in [0.2, 0.25) is 0 Å². The standard InChI is InChI=1S/C18H22N2O2/c1-20-11-17(19-21)18-8-4-3-5-14(18)16(20)9-12-6-7-13(22-2)10-15(12)18/h6-7,10-11,14,16H,3-5,8-9H2,1-2H3/p+1/t14-,16+,18+/m0/s1. The normalized spacial score (nSPS) is 34.6. The largest absolute Gasteiger partial charge is 0.497 e. The molecule has 1 aliphatic heterocycles. The molecule has 4 heteroatoms. The highest BCUT2D eigenvalue weighted by Gasteiger charge is 2.59. The summed E-state index contributed by atoms with van der Waals surface area (Å²) < 4.78 is 7.72. The summed E-state index contributed by atoms with van der Waals surface area (Å²) in [6, 6.07) is 6.93. The van der Waals surface area contributed by atoms with Crippen molar-refractivity contribution >= 4 is 11.9 Å². The van der Waals surface area contributed by atoms with Crippen LogP contribution >= 0.6 is 0 Å². The molecule has 1 saturated carbocycles. The van der Waals surface area contributed by atoms with Crippen molar-refractivity contribution < 1.29 is 14.5 Å². The van der Waals surface area contributed by atoms with Gasteiger partial charge in [-0.05, 0) is 36.1 Å². The van der Waals surface area contributed by atoms with Crippen molar-refractivity contribution in [3.63, 3.8) is 0 Å². The summed E-state index contributed by atoms with van der Waals surface area (Å²) >= 11 is 0. The molecule has 0 spiro atoms. The predicted molar refractivity (Wildman–Crippen MR) is 85.6 cm³/mol. The number of oxime groups is 1. The van der Waals surface area contributed by atoms with Gasteiger partial charge in [-0.25, -0.2) is 4.58 Å². The summed E-state index contributed by atoms with van der Waals surface area (Å²) in [4.78, 5) is 0. The van der Waals surface area contributed by atoms with Crippen molar-refractivity contribution in [1.29, 1.82) is 0 Å². The van der Waals surface area contributed by atoms with E-state index in [-0.39, 0.29) is 5.41 Å². The van der Waals surface area contributed by atoms with E-state index >= 15 is 0 Å². The van der Waals surface area contributed by atoms with Crippen LogP contribution in [-0.4, -0.2) is 41.9 Å². The second kappa shape index (κ2) is 4.83. The van der Waals surface area contributed by atoms with Gasteiger partial charge in [-0.2, -0.15) is 0 Å². The third kappa shape index (κ3) is 1.64. The highest BCUT2D eigenvalue weighted by atomic mass is 16.5. The average molecular weight is 299 g/mol. The molecular weight excluding hydrogens is 276 g/mol. The third-order valence-electron chi connectivity index (χ3n) is 6.07. The van der Waals surface area contributed by atoms with E-state index in [2.05, 4.69) is 35.1 Å². The lowest BCUT2D eigenvalue weighted by Crippen LogP contribution is -2.61. The van der Waals surface area contributed by atoms with E-state index in [0.717, 1.165) is 24.3 Å². The summed E-state index contributed by atoms with van der Waals surface area (Å²) in [5.74, 6) is 1.42. The highest BCUT2D eigenvalue weighted by Crippen LogP contribution is 2.53. The van der Waals surface area contributed by atoms with Gasteiger partial charge >= 0.3 is 0 Å². The lowest BCUT2D eigenvalue weighted by atomic mass is 9.52. The van der Waals surface area contributed by atoms with Crippen LogP contribution in [0.4, 0.5) is 0 Å². The van der Waals surface area contributed by atoms with Crippen LogP contribution in [0, 0.1) is 5.92 Å². The molecule has 2 bridgehead atoms. The number of likely N-dealkylation sites (N-methyl/N-ethyl adjacent to an activating group) is 1. The van der Waals surface area contributed by atoms with Gasteiger partial charge in [0.25, 0.3) is 0 Å². The second-order valence-electron chi connectivity index (χ2n) is 6.90. The van der Waals surface area contributed by atoms with Crippen LogP contribution in [0.3, 0.4) is 0 Å². The van der Waals surface area contributed by atoms with Gasteiger partial charge in [0.1, 0.15) is 12.8 Å². The molecule has 4 rings (SSSR count). The lowest BCUT2D eigenvalue weighted by Gasteiger charge is -2.51. The molecule has 1 aromatic rings. The summed E-state index contributed by atoms with van der Waals surface area (Å²) in [5, 5.41) is 13.4. The van der Waals surface area contributed by atoms with E-state index in [9.17, 15) is 5.21 Å². The van der Waals surface area contributed by atoms with Gasteiger partial charge in [-0.1, -0.05) is 24.1 Å². The van der Waals surface area contributed by atoms with E-state index in [0.29, 0.717) is 12.0 Å². The van der Waals surface area contributed by atoms with Crippen LogP contribution in [0.25, 0.3) is 0 Å². The number of fused-ring (bicyclic) bond motifs is 1. The fourth-order valence-corrected chi connectivity index (χ4v) is 5.10. The van der Waals surface area contributed by atoms with Crippen molar-refractivity contribution in [3.05, 3.63) is 29.3 Å². The summed E-state index contributed by atoms with van der Waals surface area (Å²) in [5.41, 5.74) is 3.40. The minimum atomic E-state index is -0.133. The molecule has 0 aromatic heterocycles. The summed E-state index contributed by atoms with van der Waals surface area (Å²) in [7, 11) is 3.83. The van der Waals surface area contributed by atoms with E-state index < -0.39 is 0 Å². The second-order valence-corrected chi connectivity index (χ2v) is 6.90. The van der Waals surface area contributed by atoms with Gasteiger partial charge in [0.15, 0.2) is 18.0 Å². The van der Waals surface area contributed by atoms with Crippen LogP contribution in [0.15, 0.2) is 23.4 Å². The lowest BCUT2D eigenvalue weighted by molar-refractivity contribution is -0.548. The number of rotatable bonds is 1. The number of benzene rings is 1. The molecule has 0 radical (unpaired) electrons. The molecule has 1 N–H and O–H groups in total. The molecule has 1 aromatic carbocycles. The molecular formula is C18H23N2O2+. The Morgan fingerprint density at radius 1 is 1.36 bits per heavy atom. The first-order valence-electron chi connectivity index (χ1n) is 8.17. The molecule has 3 aliphatic rings. The zero-order valence-corrected chi connectivity index (χ0v) is 13.2. The molecule has 0 amide bonds. The molecule has 116 valence electrons. The van der Waals surface area contributed by atoms with Crippen LogP contribution in [-0.2, 0) is 11.8 Å². The predicted octanol–water partition coefficient (Wildman–Crippen LogP) is 2.60. The fourth-order valence-electron chi connectivity index (χ4n) is 5.10. The first-order chi connectivity index (χ1) is 10.7. The van der Waals surface area contributed by atoms with Crippen molar-refractivity contribution in [1.82, 2.24) is 0 Å². The Kier molecular flexibility index (Phi) is 3.03.